The van der Waals surface area contributed by atoms with E-state index in [9.17, 15) is 9.90 Å². The van der Waals surface area contributed by atoms with Crippen molar-refractivity contribution in [2.45, 2.75) is 17.7 Å². The maximum atomic E-state index is 12.2. The molecule has 0 spiro atoms. The van der Waals surface area contributed by atoms with Gasteiger partial charge < -0.3 is 9.84 Å². The Labute approximate surface area is 203 Å². The van der Waals surface area contributed by atoms with Crippen LogP contribution in [0.2, 0.25) is 0 Å². The molecule has 8 nitrogen and oxygen atoms in total. The second-order valence-electron chi connectivity index (χ2n) is 8.11. The standard InChI is InChI=1S/C27H26N5O3/c1-31-19-32(18-23(31)25(33)24(29-30-28)26(34)35-2)27(20-12-6-3-7-13-20,21-14-8-4-9-15-21)22-16-10-5-11-17-22/h3-19,24-25,33H,1-2H3/q+1/t24-,25-/m0/s1. The molecule has 1 aromatic heterocycles. The number of aliphatic hydroxyl groups is 1. The van der Waals surface area contributed by atoms with Crippen LogP contribution in [0.5, 0.6) is 0 Å². The molecule has 8 heteroatoms. The van der Waals surface area contributed by atoms with Crippen LogP contribution in [0.3, 0.4) is 0 Å². The summed E-state index contributed by atoms with van der Waals surface area (Å²) in [5.74, 6) is -0.816. The number of rotatable bonds is 8. The van der Waals surface area contributed by atoms with Gasteiger partial charge in [-0.1, -0.05) is 96.1 Å². The number of aryl methyl sites for hydroxylation is 1. The first-order valence-corrected chi connectivity index (χ1v) is 11.1. The van der Waals surface area contributed by atoms with Crippen molar-refractivity contribution in [3.63, 3.8) is 0 Å². The predicted octanol–water partition coefficient (Wildman–Crippen LogP) is 4.04. The highest BCUT2D eigenvalue weighted by Gasteiger charge is 2.44. The van der Waals surface area contributed by atoms with Crippen molar-refractivity contribution in [1.29, 1.82) is 0 Å². The fourth-order valence-electron chi connectivity index (χ4n) is 4.55. The molecule has 4 aromatic rings. The van der Waals surface area contributed by atoms with E-state index in [1.807, 2.05) is 65.5 Å². The molecule has 4 rings (SSSR count). The van der Waals surface area contributed by atoms with Gasteiger partial charge in [-0.3, -0.25) is 4.79 Å². The zero-order valence-corrected chi connectivity index (χ0v) is 19.5. The number of nitrogens with zero attached hydrogens (tertiary/aromatic N) is 5. The van der Waals surface area contributed by atoms with Crippen LogP contribution in [0, 0.1) is 0 Å². The largest absolute Gasteiger partial charge is 0.469 e. The Bertz CT molecular complexity index is 1240. The number of azide groups is 1. The number of benzene rings is 3. The molecule has 0 fully saturated rings. The molecule has 2 atom stereocenters. The van der Waals surface area contributed by atoms with Crippen molar-refractivity contribution in [3.8, 4) is 0 Å². The van der Waals surface area contributed by atoms with Crippen molar-refractivity contribution in [2.24, 2.45) is 12.2 Å². The summed E-state index contributed by atoms with van der Waals surface area (Å²) in [5, 5.41) is 14.6. The van der Waals surface area contributed by atoms with E-state index in [1.54, 1.807) is 17.8 Å². The smallest absolute Gasteiger partial charge is 0.317 e. The summed E-state index contributed by atoms with van der Waals surface area (Å²) < 4.78 is 8.48. The molecule has 0 saturated heterocycles. The van der Waals surface area contributed by atoms with Gasteiger partial charge in [0.2, 0.25) is 6.33 Å². The summed E-state index contributed by atoms with van der Waals surface area (Å²) >= 11 is 0. The highest BCUT2D eigenvalue weighted by molar-refractivity contribution is 5.76. The van der Waals surface area contributed by atoms with Crippen LogP contribution in [-0.4, -0.2) is 28.8 Å². The van der Waals surface area contributed by atoms with E-state index >= 15 is 0 Å². The average molecular weight is 469 g/mol. The van der Waals surface area contributed by atoms with Gasteiger partial charge in [0.05, 0.1) is 14.2 Å². The van der Waals surface area contributed by atoms with Crippen LogP contribution < -0.4 is 4.57 Å². The van der Waals surface area contributed by atoms with Gasteiger partial charge in [0.15, 0.2) is 17.3 Å². The normalized spacial score (nSPS) is 12.9. The lowest BCUT2D eigenvalue weighted by Gasteiger charge is -2.32. The van der Waals surface area contributed by atoms with Gasteiger partial charge in [0, 0.05) is 21.6 Å². The Morgan fingerprint density at radius 1 is 0.971 bits per heavy atom. The number of esters is 1. The second-order valence-corrected chi connectivity index (χ2v) is 8.11. The van der Waals surface area contributed by atoms with Crippen molar-refractivity contribution < 1.29 is 19.2 Å². The molecular formula is C27H26N5O3+. The lowest BCUT2D eigenvalue weighted by molar-refractivity contribution is -0.734. The minimum atomic E-state index is -1.42. The average Bonchev–Trinajstić information content (AvgIpc) is 3.30. The zero-order valence-electron chi connectivity index (χ0n) is 19.5. The van der Waals surface area contributed by atoms with Gasteiger partial charge in [0.1, 0.15) is 12.3 Å². The molecular weight excluding hydrogens is 442 g/mol. The van der Waals surface area contributed by atoms with Crippen LogP contribution in [0.15, 0.2) is 109 Å². The monoisotopic (exact) mass is 468 g/mol. The molecule has 0 aliphatic carbocycles. The number of hydrogen-bond donors (Lipinski definition) is 1. The van der Waals surface area contributed by atoms with Crippen LogP contribution >= 0.6 is 0 Å². The zero-order chi connectivity index (χ0) is 24.8. The fourth-order valence-corrected chi connectivity index (χ4v) is 4.55. The Balaban J connectivity index is 2.01. The first-order valence-electron chi connectivity index (χ1n) is 11.1. The van der Waals surface area contributed by atoms with Gasteiger partial charge in [-0.15, -0.1) is 0 Å². The number of carbonyl (C=O) groups is 1. The Kier molecular flexibility index (Phi) is 6.96. The Hall–Kier alpha value is -4.39. The summed E-state index contributed by atoms with van der Waals surface area (Å²) in [5.41, 5.74) is 11.6. The summed E-state index contributed by atoms with van der Waals surface area (Å²) in [7, 11) is 2.95. The first-order chi connectivity index (χ1) is 17.0. The third-order valence-corrected chi connectivity index (χ3v) is 6.16. The molecule has 176 valence electrons. The van der Waals surface area contributed by atoms with Crippen LogP contribution in [0.4, 0.5) is 0 Å². The summed E-state index contributed by atoms with van der Waals surface area (Å²) in [4.78, 5) is 15.0. The molecule has 0 radical (unpaired) electrons. The maximum absolute atomic E-state index is 12.2. The number of aromatic nitrogens is 2. The van der Waals surface area contributed by atoms with Gasteiger partial charge >= 0.3 is 5.97 Å². The number of imidazole rings is 1. The van der Waals surface area contributed by atoms with E-state index < -0.39 is 23.7 Å². The van der Waals surface area contributed by atoms with E-state index in [0.29, 0.717) is 5.69 Å². The molecule has 0 aliphatic rings. The number of aliphatic hydroxyl groups excluding tert-OH is 1. The number of ether oxygens (including phenoxy) is 1. The van der Waals surface area contributed by atoms with Crippen molar-refractivity contribution >= 4 is 5.97 Å². The third-order valence-electron chi connectivity index (χ3n) is 6.16. The number of methoxy groups -OCH3 is 1. The van der Waals surface area contributed by atoms with Crippen LogP contribution in [-0.2, 0) is 22.1 Å². The molecule has 35 heavy (non-hydrogen) atoms. The highest BCUT2D eigenvalue weighted by atomic mass is 16.5. The Morgan fingerprint density at radius 2 is 1.43 bits per heavy atom. The summed E-state index contributed by atoms with van der Waals surface area (Å²) in [6.45, 7) is 0. The fraction of sp³-hybridized carbons (Fsp3) is 0.185. The van der Waals surface area contributed by atoms with Gasteiger partial charge in [-0.05, 0) is 5.53 Å². The van der Waals surface area contributed by atoms with Gasteiger partial charge in [0.25, 0.3) is 0 Å². The number of carbonyl (C=O) groups excluding carboxylic acids is 1. The lowest BCUT2D eigenvalue weighted by atomic mass is 9.77. The SMILES string of the molecule is COC(=O)[C@@H](N=[N+]=[N-])[C@@H](O)c1c[n+](C(c2ccccc2)(c2ccccc2)c2ccccc2)cn1C. The second kappa shape index (κ2) is 10.3. The molecule has 0 unspecified atom stereocenters. The molecule has 0 bridgehead atoms. The molecule has 3 aromatic carbocycles. The van der Waals surface area contributed by atoms with Crippen molar-refractivity contribution in [2.75, 3.05) is 7.11 Å². The third kappa shape index (κ3) is 4.28. The number of hydrogen-bond acceptors (Lipinski definition) is 4. The van der Waals surface area contributed by atoms with E-state index in [-0.39, 0.29) is 0 Å². The van der Waals surface area contributed by atoms with E-state index in [1.165, 1.54) is 7.11 Å². The summed E-state index contributed by atoms with van der Waals surface area (Å²) in [6, 6.07) is 28.8. The van der Waals surface area contributed by atoms with Crippen molar-refractivity contribution in [1.82, 2.24) is 4.57 Å². The molecule has 1 heterocycles. The Morgan fingerprint density at radius 3 is 1.83 bits per heavy atom. The minimum Gasteiger partial charge on any atom is -0.469 e. The van der Waals surface area contributed by atoms with E-state index in [0.717, 1.165) is 16.7 Å². The van der Waals surface area contributed by atoms with E-state index in [4.69, 9.17) is 10.3 Å². The van der Waals surface area contributed by atoms with Gasteiger partial charge in [-0.2, -0.15) is 0 Å². The van der Waals surface area contributed by atoms with Crippen molar-refractivity contribution in [3.05, 3.63) is 136 Å². The molecule has 0 amide bonds. The van der Waals surface area contributed by atoms with Crippen LogP contribution in [0.1, 0.15) is 28.5 Å². The predicted molar refractivity (Wildman–Crippen MR) is 130 cm³/mol. The molecule has 0 aliphatic heterocycles. The lowest BCUT2D eigenvalue weighted by Crippen LogP contribution is -2.57. The first kappa shape index (κ1) is 23.8. The van der Waals surface area contributed by atoms with Gasteiger partial charge in [-0.25, -0.2) is 9.13 Å². The summed E-state index contributed by atoms with van der Waals surface area (Å²) in [6.07, 6.45) is 2.22. The highest BCUT2D eigenvalue weighted by Crippen LogP contribution is 2.36. The molecule has 0 saturated carbocycles. The quantitative estimate of drug-likeness (QED) is 0.105. The maximum Gasteiger partial charge on any atom is 0.317 e. The minimum absolute atomic E-state index is 0.389. The molecule has 1 N–H and O–H groups in total. The van der Waals surface area contributed by atoms with E-state index in [2.05, 4.69) is 46.4 Å². The van der Waals surface area contributed by atoms with Crippen LogP contribution in [0.25, 0.3) is 10.4 Å². The topological polar surface area (TPSA) is 104 Å².